The van der Waals surface area contributed by atoms with Crippen molar-refractivity contribution in [1.82, 2.24) is 9.97 Å². The van der Waals surface area contributed by atoms with E-state index >= 15 is 0 Å². The number of rotatable bonds is 4. The van der Waals surface area contributed by atoms with Crippen molar-refractivity contribution in [3.8, 4) is 0 Å². The molecule has 0 amide bonds. The fraction of sp³-hybridized carbons (Fsp3) is 0.333. The molecule has 2 rings (SSSR count). The van der Waals surface area contributed by atoms with Crippen molar-refractivity contribution in [2.75, 3.05) is 18.5 Å². The van der Waals surface area contributed by atoms with E-state index in [-0.39, 0.29) is 5.97 Å². The van der Waals surface area contributed by atoms with Crippen LogP contribution in [0.1, 0.15) is 24.2 Å². The Morgan fingerprint density at radius 1 is 1.47 bits per heavy atom. The maximum Gasteiger partial charge on any atom is 0.340 e. The van der Waals surface area contributed by atoms with Gasteiger partial charge in [-0.3, -0.25) is 0 Å². The predicted molar refractivity (Wildman–Crippen MR) is 66.2 cm³/mol. The highest BCUT2D eigenvalue weighted by molar-refractivity contribution is 6.02. The van der Waals surface area contributed by atoms with Crippen molar-refractivity contribution < 1.29 is 9.53 Å². The van der Waals surface area contributed by atoms with E-state index in [0.29, 0.717) is 23.6 Å². The molecule has 0 radical (unpaired) electrons. The second-order valence-corrected chi connectivity index (χ2v) is 3.54. The molecule has 1 aromatic heterocycles. The van der Waals surface area contributed by atoms with Gasteiger partial charge in [0.2, 0.25) is 5.95 Å². The third-order valence-corrected chi connectivity index (χ3v) is 2.35. The van der Waals surface area contributed by atoms with Crippen LogP contribution in [0.15, 0.2) is 18.2 Å². The maximum atomic E-state index is 11.7. The smallest absolute Gasteiger partial charge is 0.340 e. The molecule has 0 aliphatic rings. The quantitative estimate of drug-likeness (QED) is 0.794. The van der Waals surface area contributed by atoms with Gasteiger partial charge < -0.3 is 15.0 Å². The summed E-state index contributed by atoms with van der Waals surface area (Å²) in [5.74, 6) is 0.326. The number of imidazole rings is 1. The number of benzene rings is 1. The molecule has 0 aliphatic carbocycles. The summed E-state index contributed by atoms with van der Waals surface area (Å²) in [6.07, 6.45) is 0. The molecule has 1 aromatic carbocycles. The normalized spacial score (nSPS) is 10.5. The molecule has 0 saturated heterocycles. The van der Waals surface area contributed by atoms with Gasteiger partial charge in [-0.25, -0.2) is 9.78 Å². The van der Waals surface area contributed by atoms with Crippen LogP contribution < -0.4 is 5.32 Å². The Labute approximate surface area is 99.2 Å². The lowest BCUT2D eigenvalue weighted by atomic mass is 10.2. The number of H-pyrrole nitrogens is 1. The largest absolute Gasteiger partial charge is 0.462 e. The first-order chi connectivity index (χ1) is 8.26. The highest BCUT2D eigenvalue weighted by Gasteiger charge is 2.13. The van der Waals surface area contributed by atoms with Gasteiger partial charge in [-0.05, 0) is 26.0 Å². The predicted octanol–water partition coefficient (Wildman–Crippen LogP) is 2.17. The van der Waals surface area contributed by atoms with Crippen molar-refractivity contribution in [3.63, 3.8) is 0 Å². The molecule has 2 aromatic rings. The van der Waals surface area contributed by atoms with Crippen LogP contribution in [-0.2, 0) is 4.74 Å². The van der Waals surface area contributed by atoms with E-state index in [2.05, 4.69) is 15.3 Å². The Morgan fingerprint density at radius 2 is 2.29 bits per heavy atom. The fourth-order valence-corrected chi connectivity index (χ4v) is 1.66. The summed E-state index contributed by atoms with van der Waals surface area (Å²) in [5.41, 5.74) is 1.96. The van der Waals surface area contributed by atoms with Crippen LogP contribution in [0.5, 0.6) is 0 Å². The Balaban J connectivity index is 2.45. The second-order valence-electron chi connectivity index (χ2n) is 3.54. The van der Waals surface area contributed by atoms with Gasteiger partial charge in [-0.2, -0.15) is 0 Å². The summed E-state index contributed by atoms with van der Waals surface area (Å²) in [5, 5.41) is 3.08. The monoisotopic (exact) mass is 233 g/mol. The van der Waals surface area contributed by atoms with Gasteiger partial charge in [0.15, 0.2) is 0 Å². The van der Waals surface area contributed by atoms with Crippen molar-refractivity contribution in [2.45, 2.75) is 13.8 Å². The summed E-state index contributed by atoms with van der Waals surface area (Å²) in [6.45, 7) is 4.90. The van der Waals surface area contributed by atoms with Gasteiger partial charge >= 0.3 is 5.97 Å². The minimum absolute atomic E-state index is 0.340. The van der Waals surface area contributed by atoms with Crippen molar-refractivity contribution in [1.29, 1.82) is 0 Å². The second kappa shape index (κ2) is 4.86. The summed E-state index contributed by atoms with van der Waals surface area (Å²) < 4.78 is 4.99. The first-order valence-corrected chi connectivity index (χ1v) is 5.66. The van der Waals surface area contributed by atoms with Gasteiger partial charge in [-0.15, -0.1) is 0 Å². The van der Waals surface area contributed by atoms with Crippen molar-refractivity contribution in [3.05, 3.63) is 23.8 Å². The average molecular weight is 233 g/mol. The zero-order valence-corrected chi connectivity index (χ0v) is 9.91. The van der Waals surface area contributed by atoms with E-state index in [1.54, 1.807) is 13.0 Å². The van der Waals surface area contributed by atoms with Gasteiger partial charge in [0, 0.05) is 6.54 Å². The fourth-order valence-electron chi connectivity index (χ4n) is 1.66. The highest BCUT2D eigenvalue weighted by atomic mass is 16.5. The van der Waals surface area contributed by atoms with Crippen LogP contribution in [0.4, 0.5) is 5.95 Å². The standard InChI is InChI=1S/C12H15N3O2/c1-3-13-12-14-9-7-5-6-8(10(9)15-12)11(16)17-4-2/h5-7H,3-4H2,1-2H3,(H2,13,14,15). The van der Waals surface area contributed by atoms with E-state index in [9.17, 15) is 4.79 Å². The molecule has 90 valence electrons. The van der Waals surface area contributed by atoms with E-state index < -0.39 is 0 Å². The molecule has 1 heterocycles. The van der Waals surface area contributed by atoms with Crippen LogP contribution in [-0.4, -0.2) is 29.1 Å². The molecule has 2 N–H and O–H groups in total. The number of nitrogens with one attached hydrogen (secondary N) is 2. The Morgan fingerprint density at radius 3 is 3.00 bits per heavy atom. The average Bonchev–Trinajstić information content (AvgIpc) is 2.71. The number of anilines is 1. The number of aromatic nitrogens is 2. The molecule has 0 saturated carbocycles. The van der Waals surface area contributed by atoms with Crippen molar-refractivity contribution in [2.24, 2.45) is 0 Å². The first kappa shape index (κ1) is 11.4. The number of carbonyl (C=O) groups is 1. The lowest BCUT2D eigenvalue weighted by molar-refractivity contribution is 0.0528. The van der Waals surface area contributed by atoms with Gasteiger partial charge in [0.25, 0.3) is 0 Å². The topological polar surface area (TPSA) is 67.0 Å². The zero-order chi connectivity index (χ0) is 12.3. The molecule has 5 heteroatoms. The van der Waals surface area contributed by atoms with Crippen LogP contribution in [0.2, 0.25) is 0 Å². The number of aromatic amines is 1. The third kappa shape index (κ3) is 2.22. The molecule has 0 atom stereocenters. The van der Waals surface area contributed by atoms with Gasteiger partial charge in [0.1, 0.15) is 5.52 Å². The van der Waals surface area contributed by atoms with E-state index in [4.69, 9.17) is 4.74 Å². The molecule has 0 fully saturated rings. The number of esters is 1. The van der Waals surface area contributed by atoms with Crippen LogP contribution >= 0.6 is 0 Å². The molecule has 0 unspecified atom stereocenters. The van der Waals surface area contributed by atoms with Crippen LogP contribution in [0.25, 0.3) is 11.0 Å². The number of hydrogen-bond acceptors (Lipinski definition) is 4. The summed E-state index contributed by atoms with van der Waals surface area (Å²) >= 11 is 0. The molecule has 17 heavy (non-hydrogen) atoms. The van der Waals surface area contributed by atoms with Crippen molar-refractivity contribution >= 4 is 23.0 Å². The zero-order valence-electron chi connectivity index (χ0n) is 9.91. The number of carbonyl (C=O) groups excluding carboxylic acids is 1. The van der Waals surface area contributed by atoms with E-state index in [1.165, 1.54) is 0 Å². The Hall–Kier alpha value is -2.04. The lowest BCUT2D eigenvalue weighted by Crippen LogP contribution is -2.05. The third-order valence-electron chi connectivity index (χ3n) is 2.35. The number of fused-ring (bicyclic) bond motifs is 1. The summed E-state index contributed by atoms with van der Waals surface area (Å²) in [4.78, 5) is 19.2. The number of nitrogens with zero attached hydrogens (tertiary/aromatic N) is 1. The molecular weight excluding hydrogens is 218 g/mol. The molecule has 5 nitrogen and oxygen atoms in total. The molecule has 0 spiro atoms. The highest BCUT2D eigenvalue weighted by Crippen LogP contribution is 2.19. The van der Waals surface area contributed by atoms with Gasteiger partial charge in [0.05, 0.1) is 17.7 Å². The SMILES string of the molecule is CCNc1nc2c(C(=O)OCC)cccc2[nH]1. The van der Waals surface area contributed by atoms with E-state index in [1.807, 2.05) is 19.1 Å². The van der Waals surface area contributed by atoms with Gasteiger partial charge in [-0.1, -0.05) is 6.07 Å². The van der Waals surface area contributed by atoms with E-state index in [0.717, 1.165) is 12.1 Å². The minimum atomic E-state index is -0.340. The Bertz CT molecular complexity index is 534. The summed E-state index contributed by atoms with van der Waals surface area (Å²) in [7, 11) is 0. The maximum absolute atomic E-state index is 11.7. The molecular formula is C12H15N3O2. The lowest BCUT2D eigenvalue weighted by Gasteiger charge is -2.01. The number of hydrogen-bond donors (Lipinski definition) is 2. The Kier molecular flexibility index (Phi) is 3.27. The van der Waals surface area contributed by atoms with Crippen LogP contribution in [0.3, 0.4) is 0 Å². The number of ether oxygens (including phenoxy) is 1. The minimum Gasteiger partial charge on any atom is -0.462 e. The first-order valence-electron chi connectivity index (χ1n) is 5.66. The number of para-hydroxylation sites is 1. The molecule has 0 aliphatic heterocycles. The molecule has 0 bridgehead atoms. The summed E-state index contributed by atoms with van der Waals surface area (Å²) in [6, 6.07) is 5.41. The van der Waals surface area contributed by atoms with Crippen LogP contribution in [0, 0.1) is 0 Å².